The molecule has 4 nitrogen and oxygen atoms in total. The summed E-state index contributed by atoms with van der Waals surface area (Å²) >= 11 is 0. The number of hydrogen-bond donors (Lipinski definition) is 2. The first kappa shape index (κ1) is 16.4. The van der Waals surface area contributed by atoms with E-state index in [2.05, 4.69) is 19.2 Å². The van der Waals surface area contributed by atoms with E-state index in [9.17, 15) is 9.18 Å². The van der Waals surface area contributed by atoms with E-state index in [1.165, 1.54) is 12.1 Å². The zero-order valence-corrected chi connectivity index (χ0v) is 12.3. The molecule has 0 fully saturated rings. The molecule has 3 N–H and O–H groups in total. The van der Waals surface area contributed by atoms with Gasteiger partial charge in [-0.2, -0.15) is 0 Å². The summed E-state index contributed by atoms with van der Waals surface area (Å²) in [5, 5.41) is 2.85. The van der Waals surface area contributed by atoms with E-state index in [0.29, 0.717) is 12.5 Å². The first-order valence-electron chi connectivity index (χ1n) is 6.75. The predicted octanol–water partition coefficient (Wildman–Crippen LogP) is 2.08. The normalized spacial score (nSPS) is 13.9. The van der Waals surface area contributed by atoms with Crippen molar-refractivity contribution in [2.24, 2.45) is 11.7 Å². The first-order valence-corrected chi connectivity index (χ1v) is 6.75. The Balaban J connectivity index is 2.53. The van der Waals surface area contributed by atoms with Gasteiger partial charge >= 0.3 is 0 Å². The quantitative estimate of drug-likeness (QED) is 0.805. The number of benzene rings is 1. The van der Waals surface area contributed by atoms with Crippen LogP contribution in [0.1, 0.15) is 27.2 Å². The molecule has 0 saturated carbocycles. The van der Waals surface area contributed by atoms with Gasteiger partial charge in [0.05, 0.1) is 0 Å². The molecule has 0 aliphatic carbocycles. The van der Waals surface area contributed by atoms with E-state index in [4.69, 9.17) is 10.5 Å². The van der Waals surface area contributed by atoms with E-state index in [1.807, 2.05) is 6.92 Å². The minimum atomic E-state index is -0.482. The molecular formula is C15H23FN2O2. The third kappa shape index (κ3) is 5.17. The second-order valence-electron chi connectivity index (χ2n) is 5.63. The molecule has 0 spiro atoms. The van der Waals surface area contributed by atoms with Crippen molar-refractivity contribution in [1.82, 2.24) is 5.32 Å². The van der Waals surface area contributed by atoms with Crippen molar-refractivity contribution >= 4 is 5.91 Å². The van der Waals surface area contributed by atoms with Crippen LogP contribution in [0.25, 0.3) is 0 Å². The van der Waals surface area contributed by atoms with E-state index >= 15 is 0 Å². The molecule has 0 aromatic heterocycles. The summed E-state index contributed by atoms with van der Waals surface area (Å²) < 4.78 is 18.5. The van der Waals surface area contributed by atoms with E-state index in [0.717, 1.165) is 6.42 Å². The molecule has 1 unspecified atom stereocenters. The number of nitrogens with two attached hydrogens (primary N) is 1. The lowest BCUT2D eigenvalue weighted by Gasteiger charge is -2.31. The molecule has 1 amide bonds. The predicted molar refractivity (Wildman–Crippen MR) is 77.0 cm³/mol. The Labute approximate surface area is 119 Å². The van der Waals surface area contributed by atoms with E-state index < -0.39 is 11.4 Å². The standard InChI is InChI=1S/C15H23FN2O2/c1-11(2)8-15(3,10-17)18-14(19)9-20-13-7-5-4-6-12(13)16/h4-7,11H,8-10,17H2,1-3H3,(H,18,19). The van der Waals surface area contributed by atoms with Crippen molar-refractivity contribution < 1.29 is 13.9 Å². The van der Waals surface area contributed by atoms with Crippen LogP contribution in [0.5, 0.6) is 5.75 Å². The largest absolute Gasteiger partial charge is 0.481 e. The van der Waals surface area contributed by atoms with Gasteiger partial charge in [0, 0.05) is 12.1 Å². The lowest BCUT2D eigenvalue weighted by Crippen LogP contribution is -2.53. The van der Waals surface area contributed by atoms with Crippen molar-refractivity contribution in [3.8, 4) is 5.75 Å². The minimum absolute atomic E-state index is 0.0703. The van der Waals surface area contributed by atoms with Gasteiger partial charge in [-0.05, 0) is 31.4 Å². The fourth-order valence-corrected chi connectivity index (χ4v) is 2.16. The Morgan fingerprint density at radius 1 is 1.45 bits per heavy atom. The van der Waals surface area contributed by atoms with Gasteiger partial charge in [0.2, 0.25) is 0 Å². The molecule has 0 aliphatic heterocycles. The first-order chi connectivity index (χ1) is 9.36. The third-order valence-corrected chi connectivity index (χ3v) is 2.95. The average Bonchev–Trinajstić information content (AvgIpc) is 2.36. The molecule has 0 heterocycles. The van der Waals surface area contributed by atoms with Crippen LogP contribution in [0.15, 0.2) is 24.3 Å². The van der Waals surface area contributed by atoms with Gasteiger partial charge in [-0.25, -0.2) is 4.39 Å². The molecule has 0 aliphatic rings. The van der Waals surface area contributed by atoms with Gasteiger partial charge in [-0.1, -0.05) is 26.0 Å². The fraction of sp³-hybridized carbons (Fsp3) is 0.533. The van der Waals surface area contributed by atoms with Gasteiger partial charge in [-0.3, -0.25) is 4.79 Å². The fourth-order valence-electron chi connectivity index (χ4n) is 2.16. The van der Waals surface area contributed by atoms with Crippen molar-refractivity contribution in [3.63, 3.8) is 0 Å². The molecule has 1 aromatic rings. The molecule has 0 radical (unpaired) electrons. The van der Waals surface area contributed by atoms with Crippen molar-refractivity contribution in [2.45, 2.75) is 32.7 Å². The Morgan fingerprint density at radius 3 is 2.65 bits per heavy atom. The number of rotatable bonds is 7. The van der Waals surface area contributed by atoms with E-state index in [1.54, 1.807) is 12.1 Å². The molecular weight excluding hydrogens is 259 g/mol. The number of carbonyl (C=O) groups is 1. The monoisotopic (exact) mass is 282 g/mol. The number of nitrogens with one attached hydrogen (secondary N) is 1. The smallest absolute Gasteiger partial charge is 0.258 e. The summed E-state index contributed by atoms with van der Waals surface area (Å²) in [6.45, 7) is 6.14. The topological polar surface area (TPSA) is 64.3 Å². The van der Waals surface area contributed by atoms with E-state index in [-0.39, 0.29) is 18.3 Å². The highest BCUT2D eigenvalue weighted by Gasteiger charge is 2.25. The minimum Gasteiger partial charge on any atom is -0.481 e. The van der Waals surface area contributed by atoms with Crippen LogP contribution in [0.2, 0.25) is 0 Å². The summed E-state index contributed by atoms with van der Waals surface area (Å²) in [7, 11) is 0. The number of carbonyl (C=O) groups excluding carboxylic acids is 1. The summed E-state index contributed by atoms with van der Waals surface area (Å²) in [4.78, 5) is 11.9. The Hall–Kier alpha value is -1.62. The number of hydrogen-bond acceptors (Lipinski definition) is 3. The Morgan fingerprint density at radius 2 is 2.10 bits per heavy atom. The van der Waals surface area contributed by atoms with Crippen LogP contribution in [-0.4, -0.2) is 24.6 Å². The average molecular weight is 282 g/mol. The molecule has 1 aromatic carbocycles. The molecule has 0 saturated heterocycles. The second-order valence-corrected chi connectivity index (χ2v) is 5.63. The SMILES string of the molecule is CC(C)CC(C)(CN)NC(=O)COc1ccccc1F. The second kappa shape index (κ2) is 7.24. The van der Waals surface area contributed by atoms with Crippen molar-refractivity contribution in [1.29, 1.82) is 0 Å². The van der Waals surface area contributed by atoms with Crippen LogP contribution in [-0.2, 0) is 4.79 Å². The van der Waals surface area contributed by atoms with Crippen LogP contribution in [0.3, 0.4) is 0 Å². The summed E-state index contributed by atoms with van der Waals surface area (Å²) in [5.74, 6) is -0.303. The highest BCUT2D eigenvalue weighted by Crippen LogP contribution is 2.17. The highest BCUT2D eigenvalue weighted by atomic mass is 19.1. The van der Waals surface area contributed by atoms with Gasteiger partial charge in [0.25, 0.3) is 5.91 Å². The third-order valence-electron chi connectivity index (χ3n) is 2.95. The van der Waals surface area contributed by atoms with Crippen LogP contribution >= 0.6 is 0 Å². The number of halogens is 1. The Bertz CT molecular complexity index is 451. The van der Waals surface area contributed by atoms with Gasteiger partial charge in [-0.15, -0.1) is 0 Å². The van der Waals surface area contributed by atoms with Crippen molar-refractivity contribution in [3.05, 3.63) is 30.1 Å². The zero-order valence-electron chi connectivity index (χ0n) is 12.3. The van der Waals surface area contributed by atoms with Crippen LogP contribution in [0, 0.1) is 11.7 Å². The van der Waals surface area contributed by atoms with Crippen LogP contribution in [0.4, 0.5) is 4.39 Å². The maximum absolute atomic E-state index is 13.3. The lowest BCUT2D eigenvalue weighted by atomic mass is 9.91. The molecule has 112 valence electrons. The van der Waals surface area contributed by atoms with Crippen molar-refractivity contribution in [2.75, 3.05) is 13.2 Å². The highest BCUT2D eigenvalue weighted by molar-refractivity contribution is 5.78. The maximum Gasteiger partial charge on any atom is 0.258 e. The van der Waals surface area contributed by atoms with Crippen LogP contribution < -0.4 is 15.8 Å². The molecule has 20 heavy (non-hydrogen) atoms. The number of ether oxygens (including phenoxy) is 1. The number of amides is 1. The van der Waals surface area contributed by atoms with Gasteiger partial charge in [0.15, 0.2) is 18.2 Å². The Kier molecular flexibility index (Phi) is 5.95. The lowest BCUT2D eigenvalue weighted by molar-refractivity contribution is -0.125. The molecule has 0 bridgehead atoms. The molecule has 5 heteroatoms. The van der Waals surface area contributed by atoms with Gasteiger partial charge < -0.3 is 15.8 Å². The summed E-state index contributed by atoms with van der Waals surface area (Å²) in [6.07, 6.45) is 0.773. The maximum atomic E-state index is 13.3. The summed E-state index contributed by atoms with van der Waals surface area (Å²) in [6, 6.07) is 5.99. The molecule has 1 atom stereocenters. The molecule has 1 rings (SSSR count). The van der Waals surface area contributed by atoms with Gasteiger partial charge in [0.1, 0.15) is 0 Å². The zero-order chi connectivity index (χ0) is 15.2. The summed E-state index contributed by atoms with van der Waals surface area (Å²) in [5.41, 5.74) is 5.25. The number of para-hydroxylation sites is 1.